The van der Waals surface area contributed by atoms with E-state index in [1.165, 1.54) is 0 Å². The molecule has 0 fully saturated rings. The number of imidazole rings is 1. The summed E-state index contributed by atoms with van der Waals surface area (Å²) in [7, 11) is 0. The van der Waals surface area contributed by atoms with Gasteiger partial charge >= 0.3 is 0 Å². The average Bonchev–Trinajstić information content (AvgIpc) is 2.56. The van der Waals surface area contributed by atoms with Gasteiger partial charge in [0.1, 0.15) is 12.4 Å². The van der Waals surface area contributed by atoms with Gasteiger partial charge in [-0.15, -0.1) is 0 Å². The summed E-state index contributed by atoms with van der Waals surface area (Å²) >= 11 is 0. The van der Waals surface area contributed by atoms with Gasteiger partial charge < -0.3 is 14.8 Å². The van der Waals surface area contributed by atoms with Crippen molar-refractivity contribution in [3.8, 4) is 0 Å². The van der Waals surface area contributed by atoms with E-state index in [2.05, 4.69) is 4.98 Å². The highest BCUT2D eigenvalue weighted by Crippen LogP contribution is 2.16. The van der Waals surface area contributed by atoms with Crippen LogP contribution in [-0.4, -0.2) is 25.9 Å². The van der Waals surface area contributed by atoms with Crippen LogP contribution in [0.4, 0.5) is 0 Å². The van der Waals surface area contributed by atoms with Crippen molar-refractivity contribution in [1.82, 2.24) is 9.55 Å². The molecule has 0 bridgehead atoms. The Kier molecular flexibility index (Phi) is 2.70. The third kappa shape index (κ3) is 1.86. The van der Waals surface area contributed by atoms with E-state index >= 15 is 0 Å². The highest BCUT2D eigenvalue weighted by molar-refractivity contribution is 5.75. The Morgan fingerprint density at radius 3 is 2.80 bits per heavy atom. The normalized spacial score (nSPS) is 13.3. The van der Waals surface area contributed by atoms with Crippen LogP contribution in [0.15, 0.2) is 24.3 Å². The second kappa shape index (κ2) is 4.00. The second-order valence-electron chi connectivity index (χ2n) is 3.63. The molecule has 0 saturated heterocycles. The minimum atomic E-state index is -0.451. The lowest BCUT2D eigenvalue weighted by Gasteiger charge is -2.09. The third-order valence-corrected chi connectivity index (χ3v) is 2.32. The van der Waals surface area contributed by atoms with E-state index < -0.39 is 6.10 Å². The summed E-state index contributed by atoms with van der Waals surface area (Å²) < 4.78 is 1.85. The smallest absolute Gasteiger partial charge is 0.135 e. The molecule has 1 unspecified atom stereocenters. The van der Waals surface area contributed by atoms with E-state index in [1.54, 1.807) is 6.92 Å². The summed E-state index contributed by atoms with van der Waals surface area (Å²) in [5.41, 5.74) is 1.80. The number of hydrogen-bond donors (Lipinski definition) is 2. The van der Waals surface area contributed by atoms with E-state index in [4.69, 9.17) is 5.11 Å². The molecule has 1 atom stereocenters. The number of para-hydroxylation sites is 2. The van der Waals surface area contributed by atoms with Gasteiger partial charge in [0.2, 0.25) is 0 Å². The van der Waals surface area contributed by atoms with Gasteiger partial charge in [0.25, 0.3) is 0 Å². The van der Waals surface area contributed by atoms with Gasteiger partial charge in [0.05, 0.1) is 23.7 Å². The van der Waals surface area contributed by atoms with Gasteiger partial charge in [0, 0.05) is 0 Å². The Balaban J connectivity index is 2.56. The molecule has 2 aromatic rings. The summed E-state index contributed by atoms with van der Waals surface area (Å²) in [4.78, 5) is 4.29. The van der Waals surface area contributed by atoms with Gasteiger partial charge in [-0.1, -0.05) is 12.1 Å². The van der Waals surface area contributed by atoms with E-state index in [9.17, 15) is 5.11 Å². The second-order valence-corrected chi connectivity index (χ2v) is 3.63. The minimum absolute atomic E-state index is 0.110. The zero-order valence-electron chi connectivity index (χ0n) is 8.59. The van der Waals surface area contributed by atoms with E-state index in [0.717, 1.165) is 11.0 Å². The van der Waals surface area contributed by atoms with Crippen LogP contribution in [0.5, 0.6) is 0 Å². The van der Waals surface area contributed by atoms with Crippen LogP contribution in [0, 0.1) is 0 Å². The van der Waals surface area contributed by atoms with Gasteiger partial charge in [-0.25, -0.2) is 4.98 Å². The van der Waals surface area contributed by atoms with Crippen molar-refractivity contribution in [2.24, 2.45) is 0 Å². The number of rotatable bonds is 3. The number of benzene rings is 1. The molecule has 1 heterocycles. The Morgan fingerprint density at radius 1 is 1.40 bits per heavy atom. The molecule has 0 radical (unpaired) electrons. The topological polar surface area (TPSA) is 58.3 Å². The molecule has 4 nitrogen and oxygen atoms in total. The number of fused-ring (bicyclic) bond motifs is 1. The molecule has 2 rings (SSSR count). The van der Waals surface area contributed by atoms with Crippen LogP contribution < -0.4 is 0 Å². The molecule has 0 aliphatic heterocycles. The maximum atomic E-state index is 9.37. The highest BCUT2D eigenvalue weighted by atomic mass is 16.3. The van der Waals surface area contributed by atoms with Crippen LogP contribution in [0.2, 0.25) is 0 Å². The fourth-order valence-electron chi connectivity index (χ4n) is 1.71. The fraction of sp³-hybridized carbons (Fsp3) is 0.364. The van der Waals surface area contributed by atoms with E-state index in [-0.39, 0.29) is 6.61 Å². The summed E-state index contributed by atoms with van der Waals surface area (Å²) in [5.74, 6) is 0.595. The van der Waals surface area contributed by atoms with Crippen LogP contribution in [-0.2, 0) is 13.2 Å². The molecule has 0 aliphatic carbocycles. The van der Waals surface area contributed by atoms with Crippen molar-refractivity contribution < 1.29 is 10.2 Å². The first-order valence-corrected chi connectivity index (χ1v) is 4.95. The zero-order valence-corrected chi connectivity index (χ0v) is 8.59. The quantitative estimate of drug-likeness (QED) is 0.784. The number of aromatic nitrogens is 2. The molecule has 4 heteroatoms. The Hall–Kier alpha value is -1.39. The SMILES string of the molecule is CC(O)Cn1c(CO)nc2ccccc21. The molecular weight excluding hydrogens is 192 g/mol. The number of aliphatic hydroxyl groups excluding tert-OH is 2. The first-order chi connectivity index (χ1) is 7.22. The Morgan fingerprint density at radius 2 is 2.13 bits per heavy atom. The lowest BCUT2D eigenvalue weighted by Crippen LogP contribution is -2.14. The van der Waals surface area contributed by atoms with Crippen LogP contribution >= 0.6 is 0 Å². The van der Waals surface area contributed by atoms with Crippen molar-refractivity contribution in [2.45, 2.75) is 26.2 Å². The van der Waals surface area contributed by atoms with Gasteiger partial charge in [0.15, 0.2) is 0 Å². The molecule has 1 aromatic carbocycles. The molecule has 1 aromatic heterocycles. The number of aliphatic hydroxyl groups is 2. The largest absolute Gasteiger partial charge is 0.392 e. The fourth-order valence-corrected chi connectivity index (χ4v) is 1.71. The monoisotopic (exact) mass is 206 g/mol. The van der Waals surface area contributed by atoms with Gasteiger partial charge in [-0.05, 0) is 19.1 Å². The molecule has 0 amide bonds. The highest BCUT2D eigenvalue weighted by Gasteiger charge is 2.10. The van der Waals surface area contributed by atoms with Crippen LogP contribution in [0.3, 0.4) is 0 Å². The van der Waals surface area contributed by atoms with Gasteiger partial charge in [-0.2, -0.15) is 0 Å². The average molecular weight is 206 g/mol. The van der Waals surface area contributed by atoms with Crippen molar-refractivity contribution >= 4 is 11.0 Å². The van der Waals surface area contributed by atoms with Crippen molar-refractivity contribution in [3.05, 3.63) is 30.1 Å². The molecule has 0 saturated carbocycles. The minimum Gasteiger partial charge on any atom is -0.392 e. The first-order valence-electron chi connectivity index (χ1n) is 4.95. The standard InChI is InChI=1S/C11H14N2O2/c1-8(15)6-13-10-5-3-2-4-9(10)12-11(13)7-14/h2-5,8,14-15H,6-7H2,1H3. The molecule has 2 N–H and O–H groups in total. The van der Waals surface area contributed by atoms with Gasteiger partial charge in [-0.3, -0.25) is 0 Å². The molecule has 0 spiro atoms. The zero-order chi connectivity index (χ0) is 10.8. The third-order valence-electron chi connectivity index (χ3n) is 2.32. The number of hydrogen-bond acceptors (Lipinski definition) is 3. The van der Waals surface area contributed by atoms with Crippen molar-refractivity contribution in [1.29, 1.82) is 0 Å². The molecule has 80 valence electrons. The summed E-state index contributed by atoms with van der Waals surface area (Å²) in [6.45, 7) is 2.06. The predicted molar refractivity (Wildman–Crippen MR) is 57.3 cm³/mol. The Labute approximate surface area is 87.8 Å². The van der Waals surface area contributed by atoms with E-state index in [0.29, 0.717) is 12.4 Å². The first kappa shape index (κ1) is 10.1. The van der Waals surface area contributed by atoms with Crippen molar-refractivity contribution in [2.75, 3.05) is 0 Å². The molecule has 0 aliphatic rings. The lowest BCUT2D eigenvalue weighted by atomic mass is 10.3. The van der Waals surface area contributed by atoms with E-state index in [1.807, 2.05) is 28.8 Å². The van der Waals surface area contributed by atoms with Crippen LogP contribution in [0.25, 0.3) is 11.0 Å². The maximum Gasteiger partial charge on any atom is 0.135 e. The summed E-state index contributed by atoms with van der Waals surface area (Å²) in [6, 6.07) is 7.66. The molecular formula is C11H14N2O2. The number of nitrogens with zero attached hydrogens (tertiary/aromatic N) is 2. The molecule has 15 heavy (non-hydrogen) atoms. The Bertz CT molecular complexity index is 463. The van der Waals surface area contributed by atoms with Crippen LogP contribution in [0.1, 0.15) is 12.7 Å². The predicted octanol–water partition coefficient (Wildman–Crippen LogP) is 0.909. The summed E-state index contributed by atoms with van der Waals surface area (Å²) in [5, 5.41) is 18.5. The van der Waals surface area contributed by atoms with Crippen molar-refractivity contribution in [3.63, 3.8) is 0 Å². The maximum absolute atomic E-state index is 9.37. The lowest BCUT2D eigenvalue weighted by molar-refractivity contribution is 0.170. The summed E-state index contributed by atoms with van der Waals surface area (Å²) in [6.07, 6.45) is -0.451.